The predicted molar refractivity (Wildman–Crippen MR) is 245 cm³/mol. The minimum Gasteiger partial charge on any atom is -0.488 e. The van der Waals surface area contributed by atoms with E-state index in [1.165, 1.54) is 0 Å². The van der Waals surface area contributed by atoms with Gasteiger partial charge in [0.05, 0.1) is 17.7 Å². The van der Waals surface area contributed by atoms with E-state index in [0.29, 0.717) is 46.9 Å². The number of benzene rings is 6. The molecule has 0 fully saturated rings. The van der Waals surface area contributed by atoms with E-state index in [9.17, 15) is 14.7 Å². The molecule has 308 valence electrons. The van der Waals surface area contributed by atoms with Crippen molar-refractivity contribution in [3.63, 3.8) is 0 Å². The summed E-state index contributed by atoms with van der Waals surface area (Å²) >= 11 is 12.6. The van der Waals surface area contributed by atoms with Gasteiger partial charge in [-0.25, -0.2) is 9.59 Å². The van der Waals surface area contributed by atoms with Crippen LogP contribution in [-0.4, -0.2) is 33.6 Å². The van der Waals surface area contributed by atoms with E-state index in [1.54, 1.807) is 62.0 Å². The van der Waals surface area contributed by atoms with E-state index >= 15 is 0 Å². The molecule has 8 aromatic rings. The Hall–Kier alpha value is -7.26. The highest BCUT2D eigenvalue weighted by atomic mass is 35.5. The molecule has 62 heavy (non-hydrogen) atoms. The molecule has 0 aliphatic heterocycles. The first-order valence-electron chi connectivity index (χ1n) is 19.7. The number of esters is 1. The minimum absolute atomic E-state index is 0.224. The number of halogens is 2. The fourth-order valence-corrected chi connectivity index (χ4v) is 7.06. The highest BCUT2D eigenvalue weighted by Gasteiger charge is 2.17. The second-order valence-corrected chi connectivity index (χ2v) is 14.7. The SMILES string of the molecule is CCOC(=O)c1cccc(-c2ccncc2-c2cc(Cl)ccc2OCc2ccccc2)c1.O=C(O)c1cccc(-c2ccncc2-c2cc(Cl)ccc2OCc2ccccc2)c1. The number of aromatic nitrogens is 2. The van der Waals surface area contributed by atoms with Crippen molar-refractivity contribution in [2.75, 3.05) is 6.61 Å². The van der Waals surface area contributed by atoms with Crippen LogP contribution in [0.15, 0.2) is 183 Å². The molecule has 0 aliphatic rings. The van der Waals surface area contributed by atoms with E-state index in [2.05, 4.69) is 9.97 Å². The van der Waals surface area contributed by atoms with Crippen LogP contribution in [0.2, 0.25) is 10.0 Å². The van der Waals surface area contributed by atoms with Crippen LogP contribution in [-0.2, 0) is 18.0 Å². The van der Waals surface area contributed by atoms with Crippen LogP contribution in [0.25, 0.3) is 44.5 Å². The van der Waals surface area contributed by atoms with E-state index < -0.39 is 5.97 Å². The molecule has 2 heterocycles. The van der Waals surface area contributed by atoms with Gasteiger partial charge in [0.25, 0.3) is 0 Å². The summed E-state index contributed by atoms with van der Waals surface area (Å²) in [6.45, 7) is 2.97. The zero-order chi connectivity index (χ0) is 43.3. The summed E-state index contributed by atoms with van der Waals surface area (Å²) in [5.74, 6) is 0.0580. The van der Waals surface area contributed by atoms with Crippen LogP contribution in [0.4, 0.5) is 0 Å². The van der Waals surface area contributed by atoms with Crippen molar-refractivity contribution in [3.8, 4) is 56.0 Å². The zero-order valence-corrected chi connectivity index (χ0v) is 35.1. The first-order valence-corrected chi connectivity index (χ1v) is 20.5. The van der Waals surface area contributed by atoms with Crippen molar-refractivity contribution >= 4 is 35.1 Å². The Labute approximate surface area is 370 Å². The topological polar surface area (TPSA) is 108 Å². The van der Waals surface area contributed by atoms with Gasteiger partial charge < -0.3 is 19.3 Å². The summed E-state index contributed by atoms with van der Waals surface area (Å²) in [4.78, 5) is 32.2. The first kappa shape index (κ1) is 42.8. The molecule has 0 aliphatic carbocycles. The Morgan fingerprint density at radius 3 is 1.45 bits per heavy atom. The maximum absolute atomic E-state index is 12.2. The summed E-state index contributed by atoms with van der Waals surface area (Å²) in [5.41, 5.74) is 9.56. The quantitative estimate of drug-likeness (QED) is 0.114. The molecule has 0 saturated carbocycles. The lowest BCUT2D eigenvalue weighted by Gasteiger charge is -2.15. The van der Waals surface area contributed by atoms with Crippen LogP contribution in [0.5, 0.6) is 11.5 Å². The van der Waals surface area contributed by atoms with Crippen molar-refractivity contribution < 1.29 is 28.9 Å². The van der Waals surface area contributed by atoms with Gasteiger partial charge >= 0.3 is 11.9 Å². The molecular formula is C52H40Cl2N2O6. The van der Waals surface area contributed by atoms with Crippen LogP contribution in [0.1, 0.15) is 38.8 Å². The van der Waals surface area contributed by atoms with Gasteiger partial charge in [-0.3, -0.25) is 9.97 Å². The van der Waals surface area contributed by atoms with Crippen LogP contribution in [0, 0.1) is 0 Å². The third kappa shape index (κ3) is 10.9. The summed E-state index contributed by atoms with van der Waals surface area (Å²) in [5, 5.41) is 10.5. The Kier molecular flexibility index (Phi) is 14.4. The van der Waals surface area contributed by atoms with Crippen LogP contribution >= 0.6 is 23.2 Å². The number of rotatable bonds is 13. The first-order chi connectivity index (χ1) is 30.3. The van der Waals surface area contributed by atoms with Crippen molar-refractivity contribution in [1.29, 1.82) is 0 Å². The third-order valence-corrected chi connectivity index (χ3v) is 10.2. The standard InChI is InChI=1S/C27H22ClNO3.C25H18ClNO3/c1-2-31-27(30)21-10-6-9-20(15-21)23-13-14-29-17-25(23)24-16-22(28)11-12-26(24)32-18-19-7-4-3-5-8-19;26-20-9-10-24(30-16-17-5-2-1-3-6-17)22(14-20)23-15-27-12-11-21(23)18-7-4-8-19(13-18)25(28)29/h3-17H,2,18H2,1H3;1-15H,16H2,(H,28,29). The van der Waals surface area contributed by atoms with Crippen molar-refractivity contribution in [2.24, 2.45) is 0 Å². The minimum atomic E-state index is -0.970. The van der Waals surface area contributed by atoms with Crippen LogP contribution in [0.3, 0.4) is 0 Å². The Bertz CT molecular complexity index is 2800. The van der Waals surface area contributed by atoms with E-state index in [1.807, 2.05) is 127 Å². The largest absolute Gasteiger partial charge is 0.488 e. The lowest BCUT2D eigenvalue weighted by Crippen LogP contribution is -2.04. The molecule has 0 bridgehead atoms. The lowest BCUT2D eigenvalue weighted by atomic mass is 9.95. The fraction of sp³-hybridized carbons (Fsp3) is 0.0769. The number of carboxylic acid groups (broad SMARTS) is 1. The number of aromatic carboxylic acids is 1. The molecular weight excluding hydrogens is 819 g/mol. The molecule has 0 amide bonds. The number of hydrogen-bond donors (Lipinski definition) is 1. The zero-order valence-electron chi connectivity index (χ0n) is 33.6. The normalized spacial score (nSPS) is 10.6. The Morgan fingerprint density at radius 1 is 0.516 bits per heavy atom. The van der Waals surface area contributed by atoms with Gasteiger partial charge in [0.1, 0.15) is 24.7 Å². The van der Waals surface area contributed by atoms with Crippen molar-refractivity contribution in [3.05, 3.63) is 215 Å². The molecule has 0 saturated heterocycles. The molecule has 8 rings (SSSR count). The average Bonchev–Trinajstić information content (AvgIpc) is 3.31. The highest BCUT2D eigenvalue weighted by molar-refractivity contribution is 6.31. The molecule has 8 nitrogen and oxygen atoms in total. The fourth-order valence-electron chi connectivity index (χ4n) is 6.72. The molecule has 0 atom stereocenters. The van der Waals surface area contributed by atoms with Gasteiger partial charge in [-0.1, -0.05) is 108 Å². The van der Waals surface area contributed by atoms with Gasteiger partial charge in [-0.2, -0.15) is 0 Å². The summed E-state index contributed by atoms with van der Waals surface area (Å²) < 4.78 is 17.4. The second kappa shape index (κ2) is 20.8. The molecule has 1 N–H and O–H groups in total. The second-order valence-electron chi connectivity index (χ2n) is 13.9. The lowest BCUT2D eigenvalue weighted by molar-refractivity contribution is 0.0525. The Morgan fingerprint density at radius 2 is 0.984 bits per heavy atom. The predicted octanol–water partition coefficient (Wildman–Crippen LogP) is 13.2. The Balaban J connectivity index is 0.000000187. The number of ether oxygens (including phenoxy) is 3. The average molecular weight is 860 g/mol. The number of carbonyl (C=O) groups is 2. The van der Waals surface area contributed by atoms with Crippen LogP contribution < -0.4 is 9.47 Å². The van der Waals surface area contributed by atoms with E-state index in [0.717, 1.165) is 55.6 Å². The summed E-state index contributed by atoms with van der Waals surface area (Å²) in [7, 11) is 0. The van der Waals surface area contributed by atoms with Gasteiger partial charge in [-0.15, -0.1) is 0 Å². The summed E-state index contributed by atoms with van der Waals surface area (Å²) in [6, 6.07) is 48.9. The number of carbonyl (C=O) groups excluding carboxylic acids is 1. The van der Waals surface area contributed by atoms with Gasteiger partial charge in [-0.05, 0) is 113 Å². The van der Waals surface area contributed by atoms with Gasteiger partial charge in [0.2, 0.25) is 0 Å². The molecule has 0 radical (unpaired) electrons. The maximum Gasteiger partial charge on any atom is 0.338 e. The molecule has 0 unspecified atom stereocenters. The molecule has 2 aromatic heterocycles. The van der Waals surface area contributed by atoms with Gasteiger partial charge in [0, 0.05) is 57.1 Å². The maximum atomic E-state index is 12.2. The molecule has 10 heteroatoms. The molecule has 6 aromatic carbocycles. The highest BCUT2D eigenvalue weighted by Crippen LogP contribution is 2.40. The smallest absolute Gasteiger partial charge is 0.338 e. The molecule has 0 spiro atoms. The third-order valence-electron chi connectivity index (χ3n) is 9.69. The monoisotopic (exact) mass is 858 g/mol. The van der Waals surface area contributed by atoms with Crippen molar-refractivity contribution in [1.82, 2.24) is 9.97 Å². The number of hydrogen-bond acceptors (Lipinski definition) is 7. The summed E-state index contributed by atoms with van der Waals surface area (Å²) in [6.07, 6.45) is 6.93. The van der Waals surface area contributed by atoms with E-state index in [4.69, 9.17) is 37.4 Å². The van der Waals surface area contributed by atoms with E-state index in [-0.39, 0.29) is 11.5 Å². The van der Waals surface area contributed by atoms with Crippen molar-refractivity contribution in [2.45, 2.75) is 20.1 Å². The number of nitrogens with zero attached hydrogens (tertiary/aromatic N) is 2. The number of carboxylic acids is 1. The number of pyridine rings is 2. The van der Waals surface area contributed by atoms with Gasteiger partial charge in [0.15, 0.2) is 0 Å².